The summed E-state index contributed by atoms with van der Waals surface area (Å²) in [6, 6.07) is -0.830. The zero-order valence-corrected chi connectivity index (χ0v) is 16.9. The Morgan fingerprint density at radius 2 is 1.92 bits per heavy atom. The normalized spacial score (nSPS) is 42.8. The number of nitrogens with zero attached hydrogens (tertiary/aromatic N) is 3. The van der Waals surface area contributed by atoms with Gasteiger partial charge in [-0.1, -0.05) is 30.6 Å². The zero-order chi connectivity index (χ0) is 18.6. The van der Waals surface area contributed by atoms with Crippen molar-refractivity contribution < 1.29 is 28.4 Å². The molecule has 0 spiro atoms. The van der Waals surface area contributed by atoms with Crippen molar-refractivity contribution in [2.75, 3.05) is 0 Å². The van der Waals surface area contributed by atoms with Crippen LogP contribution in [-0.2, 0) is 28.4 Å². The van der Waals surface area contributed by atoms with Crippen LogP contribution in [-0.4, -0.2) is 50.0 Å². The summed E-state index contributed by atoms with van der Waals surface area (Å²) in [5.74, 6) is -0.925. The van der Waals surface area contributed by atoms with Crippen molar-refractivity contribution in [2.24, 2.45) is 5.11 Å². The van der Waals surface area contributed by atoms with Gasteiger partial charge in [-0.05, 0) is 38.0 Å². The fourth-order valence-corrected chi connectivity index (χ4v) is 4.54. The van der Waals surface area contributed by atoms with E-state index in [1.807, 2.05) is 0 Å². The summed E-state index contributed by atoms with van der Waals surface area (Å²) in [6.07, 6.45) is -3.09. The fraction of sp³-hybridized carbons (Fsp3) is 1.00. The molecule has 0 N–H and O–H groups in total. The monoisotopic (exact) mass is 393 g/mol. The van der Waals surface area contributed by atoms with Gasteiger partial charge >= 0.3 is 5.25 Å². The van der Waals surface area contributed by atoms with Gasteiger partial charge in [0.25, 0.3) is 0 Å². The summed E-state index contributed by atoms with van der Waals surface area (Å²) in [5, 5.41) is 2.15. The number of azide groups is 1. The first-order chi connectivity index (χ1) is 11.5. The molecule has 9 nitrogen and oxygen atoms in total. The van der Waals surface area contributed by atoms with Crippen molar-refractivity contribution in [2.45, 2.75) is 88.0 Å². The molecular weight excluding hydrogens is 370 g/mol. The van der Waals surface area contributed by atoms with E-state index in [4.69, 9.17) is 45.5 Å². The summed E-state index contributed by atoms with van der Waals surface area (Å²) < 4.78 is 24.1. The molecule has 142 valence electrons. The van der Waals surface area contributed by atoms with Crippen LogP contribution in [0.4, 0.5) is 0 Å². The number of halogens is 1. The molecule has 0 aromatic carbocycles. The Morgan fingerprint density at radius 3 is 2.52 bits per heavy atom. The minimum Gasteiger partial charge on any atom is -0.411 e. The van der Waals surface area contributed by atoms with Gasteiger partial charge in [0.1, 0.15) is 12.1 Å². The van der Waals surface area contributed by atoms with Gasteiger partial charge in [0.15, 0.2) is 20.2 Å². The Morgan fingerprint density at radius 1 is 1.24 bits per heavy atom. The first kappa shape index (κ1) is 19.3. The molecule has 3 aliphatic rings. The van der Waals surface area contributed by atoms with Crippen LogP contribution in [0.15, 0.2) is 5.11 Å². The molecule has 0 aliphatic carbocycles. The first-order valence-corrected chi connectivity index (χ1v) is 11.6. The lowest BCUT2D eigenvalue weighted by molar-refractivity contribution is -0.335. The van der Waals surface area contributed by atoms with Gasteiger partial charge in [-0.15, -0.1) is 0 Å². The molecule has 2 bridgehead atoms. The molecule has 25 heavy (non-hydrogen) atoms. The Labute approximate surface area is 152 Å². The van der Waals surface area contributed by atoms with Gasteiger partial charge in [0.05, 0.1) is 6.10 Å². The third-order valence-electron chi connectivity index (χ3n) is 4.96. The molecule has 3 aliphatic heterocycles. The van der Waals surface area contributed by atoms with Gasteiger partial charge < -0.3 is 13.9 Å². The summed E-state index contributed by atoms with van der Waals surface area (Å²) in [4.78, 5) is 13.3. The van der Waals surface area contributed by atoms with E-state index in [9.17, 15) is 0 Å². The van der Waals surface area contributed by atoms with Crippen LogP contribution in [0.2, 0.25) is 18.6 Å². The van der Waals surface area contributed by atoms with Gasteiger partial charge in [-0.25, -0.2) is 0 Å². The van der Waals surface area contributed by atoms with E-state index in [1.165, 1.54) is 0 Å². The number of rotatable bonds is 4. The molecule has 0 amide bonds. The molecule has 0 aromatic rings. The van der Waals surface area contributed by atoms with Gasteiger partial charge in [-0.2, -0.15) is 9.78 Å². The highest BCUT2D eigenvalue weighted by Gasteiger charge is 2.67. The van der Waals surface area contributed by atoms with Gasteiger partial charge in [-0.3, -0.25) is 4.74 Å². The third-order valence-corrected chi connectivity index (χ3v) is 8.98. The highest BCUT2D eigenvalue weighted by atomic mass is 35.5. The molecule has 11 heteroatoms. The number of alkyl halides is 1. The van der Waals surface area contributed by atoms with Crippen molar-refractivity contribution in [3.63, 3.8) is 0 Å². The van der Waals surface area contributed by atoms with Crippen molar-refractivity contribution in [3.8, 4) is 0 Å². The van der Waals surface area contributed by atoms with Gasteiger partial charge in [0, 0.05) is 4.91 Å². The highest BCUT2D eigenvalue weighted by Crippen LogP contribution is 2.49. The van der Waals surface area contributed by atoms with E-state index < -0.39 is 50.0 Å². The van der Waals surface area contributed by atoms with E-state index in [2.05, 4.69) is 37.0 Å². The maximum Gasteiger partial charge on any atom is 0.310 e. The molecule has 3 rings (SSSR count). The SMILES string of the molecule is CC(C)[Si](C)(C)O[C@H]1[C@@H]2OC(C)(C)O[C@@H]2C2(Cl)OOC(O2)[C@H]1N=[N+]=[N-]. The largest absolute Gasteiger partial charge is 0.411 e. The van der Waals surface area contributed by atoms with E-state index >= 15 is 0 Å². The predicted octanol–water partition coefficient (Wildman–Crippen LogP) is 3.40. The molecule has 3 saturated heterocycles. The Balaban J connectivity index is 2.03. The number of fused-ring (bicyclic) bond motifs is 4. The Kier molecular flexibility index (Phi) is 4.90. The topological polar surface area (TPSA) is 104 Å². The standard InChI is InChI=1S/C14H24ClN3O6Si/c1-7(2)25(5,6)23-9-8(17-18-16)12-21-14(15,24-22-12)11-10(9)19-13(3,4)20-11/h7-12H,1-6H3/t8-,9+,10-,11-,12?,14?/m0/s1. The van der Waals surface area contributed by atoms with Crippen LogP contribution in [0.1, 0.15) is 27.7 Å². The van der Waals surface area contributed by atoms with Crippen LogP contribution in [0.5, 0.6) is 0 Å². The van der Waals surface area contributed by atoms with Crippen LogP contribution in [0, 0.1) is 0 Å². The second-order valence-corrected chi connectivity index (χ2v) is 12.9. The minimum absolute atomic E-state index is 0.330. The van der Waals surface area contributed by atoms with Crippen LogP contribution in [0.3, 0.4) is 0 Å². The molecule has 3 fully saturated rings. The third kappa shape index (κ3) is 3.43. The summed E-state index contributed by atoms with van der Waals surface area (Å²) in [7, 11) is -2.13. The lowest BCUT2D eigenvalue weighted by atomic mass is 10.0. The zero-order valence-electron chi connectivity index (χ0n) is 15.1. The van der Waals surface area contributed by atoms with Crippen molar-refractivity contribution in [3.05, 3.63) is 10.4 Å². The van der Waals surface area contributed by atoms with E-state index in [0.717, 1.165) is 0 Å². The van der Waals surface area contributed by atoms with Crippen molar-refractivity contribution >= 4 is 19.9 Å². The van der Waals surface area contributed by atoms with Crippen molar-refractivity contribution in [1.29, 1.82) is 0 Å². The molecular formula is C14H24ClN3O6Si. The molecule has 6 atom stereocenters. The second-order valence-electron chi connectivity index (χ2n) is 7.81. The quantitative estimate of drug-likeness (QED) is 0.181. The maximum atomic E-state index is 9.03. The Bertz CT molecular complexity index is 587. The molecule has 0 aromatic heterocycles. The van der Waals surface area contributed by atoms with E-state index in [1.54, 1.807) is 13.8 Å². The predicted molar refractivity (Wildman–Crippen MR) is 89.8 cm³/mol. The minimum atomic E-state index is -2.13. The number of hydrogen-bond acceptors (Lipinski definition) is 7. The summed E-state index contributed by atoms with van der Waals surface area (Å²) >= 11 is 6.45. The van der Waals surface area contributed by atoms with Crippen LogP contribution < -0.4 is 0 Å². The lowest BCUT2D eigenvalue weighted by Crippen LogP contribution is -2.55. The molecule has 0 radical (unpaired) electrons. The van der Waals surface area contributed by atoms with Crippen LogP contribution >= 0.6 is 11.6 Å². The highest BCUT2D eigenvalue weighted by molar-refractivity contribution is 6.72. The molecule has 2 unspecified atom stereocenters. The number of hydrogen-bond donors (Lipinski definition) is 0. The molecule has 3 heterocycles. The Hall–Kier alpha value is -0.423. The average molecular weight is 394 g/mol. The van der Waals surface area contributed by atoms with Gasteiger partial charge in [0.2, 0.25) is 6.29 Å². The lowest BCUT2D eigenvalue weighted by Gasteiger charge is -2.38. The van der Waals surface area contributed by atoms with Crippen LogP contribution in [0.25, 0.3) is 10.4 Å². The van der Waals surface area contributed by atoms with E-state index in [-0.39, 0.29) is 0 Å². The smallest absolute Gasteiger partial charge is 0.310 e. The maximum absolute atomic E-state index is 9.03. The fourth-order valence-electron chi connectivity index (χ4n) is 3.00. The van der Waals surface area contributed by atoms with Crippen molar-refractivity contribution in [1.82, 2.24) is 0 Å². The number of ether oxygens (including phenoxy) is 3. The summed E-state index contributed by atoms with van der Waals surface area (Å²) in [6.45, 7) is 11.9. The average Bonchev–Trinajstić information content (AvgIpc) is 3.02. The summed E-state index contributed by atoms with van der Waals surface area (Å²) in [5.41, 5.74) is 9.36. The molecule has 0 saturated carbocycles. The first-order valence-electron chi connectivity index (χ1n) is 8.28. The van der Waals surface area contributed by atoms with E-state index in [0.29, 0.717) is 5.54 Å². The second kappa shape index (κ2) is 6.33.